The van der Waals surface area contributed by atoms with Crippen molar-refractivity contribution < 1.29 is 13.2 Å². The summed E-state index contributed by atoms with van der Waals surface area (Å²) in [5, 5.41) is 0. The summed E-state index contributed by atoms with van der Waals surface area (Å²) in [6.07, 6.45) is -5.30. The Bertz CT molecular complexity index is 487. The molecule has 0 radical (unpaired) electrons. The number of halogens is 3. The lowest BCUT2D eigenvalue weighted by Crippen LogP contribution is -2.12. The fraction of sp³-hybridized carbons (Fsp3) is 0.333. The van der Waals surface area contributed by atoms with Gasteiger partial charge in [0.15, 0.2) is 5.65 Å². The number of aromatic amines is 1. The normalized spacial score (nSPS) is 12.3. The molecule has 15 heavy (non-hydrogen) atoms. The molecule has 2 aromatic heterocycles. The van der Waals surface area contributed by atoms with Crippen LogP contribution in [0.25, 0.3) is 11.2 Å². The van der Waals surface area contributed by atoms with Gasteiger partial charge < -0.3 is 4.98 Å². The molecule has 0 atom stereocenters. The van der Waals surface area contributed by atoms with Crippen LogP contribution in [0.4, 0.5) is 13.2 Å². The van der Waals surface area contributed by atoms with Crippen molar-refractivity contribution in [3.8, 4) is 0 Å². The van der Waals surface area contributed by atoms with Crippen molar-refractivity contribution >= 4 is 11.2 Å². The number of aryl methyl sites for hydroxylation is 1. The summed E-state index contributed by atoms with van der Waals surface area (Å²) >= 11 is 0. The summed E-state index contributed by atoms with van der Waals surface area (Å²) < 4.78 is 36.2. The van der Waals surface area contributed by atoms with Crippen LogP contribution in [0.1, 0.15) is 11.5 Å². The molecule has 0 aliphatic rings. The minimum atomic E-state index is -4.25. The zero-order chi connectivity index (χ0) is 11.1. The zero-order valence-electron chi connectivity index (χ0n) is 7.89. The van der Waals surface area contributed by atoms with Crippen LogP contribution in [0.5, 0.6) is 0 Å². The van der Waals surface area contributed by atoms with E-state index in [1.54, 1.807) is 19.1 Å². The van der Waals surface area contributed by atoms with Gasteiger partial charge in [-0.25, -0.2) is 9.97 Å². The Kier molecular flexibility index (Phi) is 2.13. The quantitative estimate of drug-likeness (QED) is 0.793. The van der Waals surface area contributed by atoms with E-state index in [1.165, 1.54) is 0 Å². The summed E-state index contributed by atoms with van der Waals surface area (Å²) in [6.45, 7) is 1.76. The number of H-pyrrole nitrogens is 1. The van der Waals surface area contributed by atoms with Crippen molar-refractivity contribution in [3.63, 3.8) is 0 Å². The number of imidazole rings is 1. The van der Waals surface area contributed by atoms with Crippen molar-refractivity contribution in [2.75, 3.05) is 0 Å². The van der Waals surface area contributed by atoms with Gasteiger partial charge in [-0.3, -0.25) is 0 Å². The third-order valence-corrected chi connectivity index (χ3v) is 1.90. The van der Waals surface area contributed by atoms with Crippen molar-refractivity contribution in [1.82, 2.24) is 15.0 Å². The molecule has 0 unspecified atom stereocenters. The molecule has 3 nitrogen and oxygen atoms in total. The highest BCUT2D eigenvalue weighted by Crippen LogP contribution is 2.21. The molecule has 2 rings (SSSR count). The van der Waals surface area contributed by atoms with E-state index >= 15 is 0 Å². The van der Waals surface area contributed by atoms with E-state index in [9.17, 15) is 13.2 Å². The molecule has 0 aliphatic heterocycles. The Hall–Kier alpha value is -1.59. The third kappa shape index (κ3) is 2.26. The monoisotopic (exact) mass is 215 g/mol. The van der Waals surface area contributed by atoms with E-state index in [2.05, 4.69) is 15.0 Å². The first kappa shape index (κ1) is 9.95. The first-order valence-electron chi connectivity index (χ1n) is 4.33. The summed E-state index contributed by atoms with van der Waals surface area (Å²) in [4.78, 5) is 10.4. The maximum Gasteiger partial charge on any atom is 0.396 e. The molecule has 2 aromatic rings. The lowest BCUT2D eigenvalue weighted by molar-refractivity contribution is -0.128. The maximum atomic E-state index is 12.1. The number of pyridine rings is 1. The van der Waals surface area contributed by atoms with Gasteiger partial charge in [0.25, 0.3) is 0 Å². The Balaban J connectivity index is 2.39. The van der Waals surface area contributed by atoms with Gasteiger partial charge in [-0.2, -0.15) is 13.2 Å². The number of rotatable bonds is 1. The Morgan fingerprint density at radius 2 is 2.00 bits per heavy atom. The van der Waals surface area contributed by atoms with Crippen molar-refractivity contribution in [2.24, 2.45) is 0 Å². The molecule has 0 bridgehead atoms. The zero-order valence-corrected chi connectivity index (χ0v) is 7.89. The molecule has 2 heterocycles. The predicted octanol–water partition coefficient (Wildman–Crippen LogP) is 2.37. The van der Waals surface area contributed by atoms with Gasteiger partial charge in [-0.1, -0.05) is 0 Å². The first-order chi connectivity index (χ1) is 6.94. The van der Waals surface area contributed by atoms with Crippen LogP contribution < -0.4 is 0 Å². The van der Waals surface area contributed by atoms with E-state index in [4.69, 9.17) is 0 Å². The minimum absolute atomic E-state index is 0.101. The van der Waals surface area contributed by atoms with Crippen LogP contribution in [0, 0.1) is 6.92 Å². The molecule has 0 fully saturated rings. The van der Waals surface area contributed by atoms with Gasteiger partial charge in [-0.15, -0.1) is 0 Å². The van der Waals surface area contributed by atoms with Crippen molar-refractivity contribution in [3.05, 3.63) is 23.7 Å². The fourth-order valence-electron chi connectivity index (χ4n) is 1.31. The van der Waals surface area contributed by atoms with Gasteiger partial charge in [0.05, 0.1) is 5.52 Å². The largest absolute Gasteiger partial charge is 0.396 e. The average molecular weight is 215 g/mol. The molecule has 6 heteroatoms. The second kappa shape index (κ2) is 3.22. The molecule has 0 saturated carbocycles. The van der Waals surface area contributed by atoms with Gasteiger partial charge in [0, 0.05) is 5.69 Å². The fourth-order valence-corrected chi connectivity index (χ4v) is 1.31. The number of nitrogens with zero attached hydrogens (tertiary/aromatic N) is 2. The number of alkyl halides is 3. The molecule has 0 aromatic carbocycles. The highest BCUT2D eigenvalue weighted by atomic mass is 19.4. The molecule has 0 spiro atoms. The first-order valence-corrected chi connectivity index (χ1v) is 4.33. The van der Waals surface area contributed by atoms with Crippen LogP contribution in [-0.4, -0.2) is 21.1 Å². The summed E-state index contributed by atoms with van der Waals surface area (Å²) in [6, 6.07) is 3.39. The number of aromatic nitrogens is 3. The van der Waals surface area contributed by atoms with Crippen molar-refractivity contribution in [2.45, 2.75) is 19.5 Å². The van der Waals surface area contributed by atoms with Crippen LogP contribution >= 0.6 is 0 Å². The number of nitrogens with one attached hydrogen (secondary N) is 1. The SMILES string of the molecule is Cc1ccc2[nH]c(CC(F)(F)F)nc2n1. The highest BCUT2D eigenvalue weighted by Gasteiger charge is 2.29. The summed E-state index contributed by atoms with van der Waals surface area (Å²) in [7, 11) is 0. The van der Waals surface area contributed by atoms with Gasteiger partial charge in [0.2, 0.25) is 0 Å². The Morgan fingerprint density at radius 3 is 2.67 bits per heavy atom. The standard InChI is InChI=1S/C9H8F3N3/c1-5-2-3-6-8(13-5)15-7(14-6)4-9(10,11)12/h2-3H,4H2,1H3,(H,13,14,15). The number of hydrogen-bond acceptors (Lipinski definition) is 2. The molecule has 1 N–H and O–H groups in total. The lowest BCUT2D eigenvalue weighted by atomic mass is 10.3. The van der Waals surface area contributed by atoms with E-state index in [0.29, 0.717) is 11.2 Å². The van der Waals surface area contributed by atoms with Gasteiger partial charge in [0.1, 0.15) is 12.2 Å². The van der Waals surface area contributed by atoms with Gasteiger partial charge >= 0.3 is 6.18 Å². The second-order valence-corrected chi connectivity index (χ2v) is 3.30. The Morgan fingerprint density at radius 1 is 1.27 bits per heavy atom. The van der Waals surface area contributed by atoms with Crippen LogP contribution in [-0.2, 0) is 6.42 Å². The van der Waals surface area contributed by atoms with Gasteiger partial charge in [-0.05, 0) is 19.1 Å². The molecule has 0 saturated heterocycles. The van der Waals surface area contributed by atoms with E-state index in [1.807, 2.05) is 0 Å². The molecular weight excluding hydrogens is 207 g/mol. The highest BCUT2D eigenvalue weighted by molar-refractivity contribution is 5.70. The topological polar surface area (TPSA) is 41.6 Å². The van der Waals surface area contributed by atoms with E-state index < -0.39 is 12.6 Å². The minimum Gasteiger partial charge on any atom is -0.340 e. The smallest absolute Gasteiger partial charge is 0.340 e. The predicted molar refractivity (Wildman–Crippen MR) is 48.4 cm³/mol. The average Bonchev–Trinajstić information content (AvgIpc) is 2.42. The molecular formula is C9H8F3N3. The second-order valence-electron chi connectivity index (χ2n) is 3.30. The van der Waals surface area contributed by atoms with E-state index in [0.717, 1.165) is 5.69 Å². The number of hydrogen-bond donors (Lipinski definition) is 1. The van der Waals surface area contributed by atoms with Crippen LogP contribution in [0.15, 0.2) is 12.1 Å². The number of fused-ring (bicyclic) bond motifs is 1. The maximum absolute atomic E-state index is 12.1. The third-order valence-electron chi connectivity index (χ3n) is 1.90. The van der Waals surface area contributed by atoms with Crippen molar-refractivity contribution in [1.29, 1.82) is 0 Å². The van der Waals surface area contributed by atoms with Crippen LogP contribution in [0.3, 0.4) is 0 Å². The summed E-state index contributed by atoms with van der Waals surface area (Å²) in [5.41, 5.74) is 1.58. The molecule has 80 valence electrons. The van der Waals surface area contributed by atoms with Crippen LogP contribution in [0.2, 0.25) is 0 Å². The summed E-state index contributed by atoms with van der Waals surface area (Å²) in [5.74, 6) is -0.101. The Labute approximate surface area is 83.4 Å². The lowest BCUT2D eigenvalue weighted by Gasteiger charge is -2.01. The molecule has 0 amide bonds. The molecule has 0 aliphatic carbocycles. The van der Waals surface area contributed by atoms with E-state index in [-0.39, 0.29) is 5.82 Å².